The number of aromatic nitrogens is 3. The Bertz CT molecular complexity index is 1590. The molecule has 4 N–H and O–H groups in total. The third-order valence-corrected chi connectivity index (χ3v) is 7.23. The van der Waals surface area contributed by atoms with Gasteiger partial charge in [-0.3, -0.25) is 9.59 Å². The second-order valence-electron chi connectivity index (χ2n) is 9.62. The summed E-state index contributed by atoms with van der Waals surface area (Å²) in [6.45, 7) is 2.10. The maximum absolute atomic E-state index is 14.0. The zero-order valence-electron chi connectivity index (χ0n) is 20.6. The molecule has 10 heteroatoms. The van der Waals surface area contributed by atoms with Gasteiger partial charge in [0.25, 0.3) is 5.56 Å². The number of nitrogens with two attached hydrogens (primary N) is 1. The monoisotopic (exact) mass is 514 g/mol. The van der Waals surface area contributed by atoms with E-state index in [2.05, 4.69) is 15.5 Å². The Kier molecular flexibility index (Phi) is 6.16. The number of carbonyl (C=O) groups is 1. The Morgan fingerprint density at radius 1 is 1.16 bits per heavy atom. The summed E-state index contributed by atoms with van der Waals surface area (Å²) < 4.78 is 21.5. The third-order valence-electron chi connectivity index (χ3n) is 7.23. The second-order valence-corrected chi connectivity index (χ2v) is 9.62. The average Bonchev–Trinajstić information content (AvgIpc) is 3.53. The Morgan fingerprint density at radius 2 is 1.95 bits per heavy atom. The number of hydrogen-bond acceptors (Lipinski definition) is 6. The highest BCUT2D eigenvalue weighted by molar-refractivity contribution is 5.93. The molecule has 2 fully saturated rings. The van der Waals surface area contributed by atoms with E-state index < -0.39 is 5.82 Å². The molecule has 0 radical (unpaired) electrons. The molecular formula is C28H27FN6O3. The zero-order valence-corrected chi connectivity index (χ0v) is 20.6. The van der Waals surface area contributed by atoms with Crippen molar-refractivity contribution in [2.45, 2.75) is 24.8 Å². The van der Waals surface area contributed by atoms with Crippen LogP contribution in [0.15, 0.2) is 71.7 Å². The van der Waals surface area contributed by atoms with Gasteiger partial charge in [-0.2, -0.15) is 5.10 Å². The summed E-state index contributed by atoms with van der Waals surface area (Å²) in [5, 5.41) is 10.2. The van der Waals surface area contributed by atoms with Crippen LogP contribution in [0, 0.1) is 5.82 Å². The van der Waals surface area contributed by atoms with E-state index in [0.717, 1.165) is 30.6 Å². The summed E-state index contributed by atoms with van der Waals surface area (Å²) in [6, 6.07) is 13.5. The number of fused-ring (bicyclic) bond motifs is 1. The molecule has 2 aromatic carbocycles. The van der Waals surface area contributed by atoms with Crippen LogP contribution in [0.2, 0.25) is 0 Å². The van der Waals surface area contributed by atoms with Gasteiger partial charge in [0, 0.05) is 43.0 Å². The van der Waals surface area contributed by atoms with Crippen molar-refractivity contribution >= 4 is 22.6 Å². The molecule has 38 heavy (non-hydrogen) atoms. The number of nitrogens with one attached hydrogen (secondary N) is 2. The minimum atomic E-state index is -0.449. The highest BCUT2D eigenvalue weighted by atomic mass is 19.1. The smallest absolute Gasteiger partial charge is 0.274 e. The van der Waals surface area contributed by atoms with Crippen LogP contribution in [0.3, 0.4) is 0 Å². The van der Waals surface area contributed by atoms with Gasteiger partial charge in [0.15, 0.2) is 17.4 Å². The number of para-hydroxylation sites is 1. The molecule has 4 heterocycles. The standard InChI is InChI=1S/C28H27FN6O3/c29-22-3-1-2-4-23(22)38-20-8-6-19(7-9-20)35-16-21(25-26(35)27(30)32-33-28(25)37)17-12-14-34(15-17)24(36)10-5-18-11-13-31-18/h1-10,16-18,31H,11-15H2,(H2,30,32)(H,33,37)/b10-5+/t17-,18+/m1/s1. The van der Waals surface area contributed by atoms with E-state index >= 15 is 0 Å². The van der Waals surface area contributed by atoms with Gasteiger partial charge >= 0.3 is 0 Å². The van der Waals surface area contributed by atoms with E-state index in [4.69, 9.17) is 10.5 Å². The number of benzene rings is 2. The first-order valence-electron chi connectivity index (χ1n) is 12.6. The lowest BCUT2D eigenvalue weighted by Gasteiger charge is -2.24. The Hall–Kier alpha value is -4.44. The molecule has 2 atom stereocenters. The molecule has 0 spiro atoms. The SMILES string of the molecule is Nc1n[nH]c(=O)c2c([C@@H]3CCN(C(=O)/C=C/[C@H]4CCN4)C3)cn(-c3ccc(Oc4ccccc4F)cc3)c12. The number of rotatable bonds is 6. The number of nitrogen functional groups attached to an aromatic ring is 1. The van der Waals surface area contributed by atoms with E-state index in [9.17, 15) is 14.0 Å². The van der Waals surface area contributed by atoms with E-state index in [1.54, 1.807) is 36.4 Å². The van der Waals surface area contributed by atoms with Crippen LogP contribution in [0.1, 0.15) is 24.3 Å². The molecule has 2 aromatic heterocycles. The highest BCUT2D eigenvalue weighted by Gasteiger charge is 2.30. The fraction of sp³-hybridized carbons (Fsp3) is 0.250. The molecule has 0 unspecified atom stereocenters. The average molecular weight is 515 g/mol. The van der Waals surface area contributed by atoms with Gasteiger partial charge in [0.05, 0.1) is 5.39 Å². The van der Waals surface area contributed by atoms with Crippen molar-refractivity contribution < 1.29 is 13.9 Å². The zero-order chi connectivity index (χ0) is 26.2. The number of likely N-dealkylation sites (tertiary alicyclic amines) is 1. The summed E-state index contributed by atoms with van der Waals surface area (Å²) in [6.07, 6.45) is 7.24. The fourth-order valence-electron chi connectivity index (χ4n) is 5.07. The van der Waals surface area contributed by atoms with Gasteiger partial charge in [0.2, 0.25) is 5.91 Å². The van der Waals surface area contributed by atoms with Gasteiger partial charge < -0.3 is 25.3 Å². The van der Waals surface area contributed by atoms with Crippen LogP contribution in [-0.4, -0.2) is 51.2 Å². The number of ether oxygens (including phenoxy) is 1. The number of aromatic amines is 1. The summed E-state index contributed by atoms with van der Waals surface area (Å²) in [7, 11) is 0. The first-order valence-corrected chi connectivity index (χ1v) is 12.6. The highest BCUT2D eigenvalue weighted by Crippen LogP contribution is 2.35. The van der Waals surface area contributed by atoms with Gasteiger partial charge in [-0.1, -0.05) is 18.2 Å². The maximum atomic E-state index is 14.0. The molecule has 2 aliphatic heterocycles. The fourth-order valence-corrected chi connectivity index (χ4v) is 5.07. The molecule has 4 aromatic rings. The molecular weight excluding hydrogens is 487 g/mol. The molecule has 194 valence electrons. The predicted molar refractivity (Wildman–Crippen MR) is 142 cm³/mol. The second kappa shape index (κ2) is 9.79. The maximum Gasteiger partial charge on any atom is 0.274 e. The first kappa shape index (κ1) is 23.9. The quantitative estimate of drug-likeness (QED) is 0.339. The number of H-pyrrole nitrogens is 1. The normalized spacial score (nSPS) is 19.2. The lowest BCUT2D eigenvalue weighted by molar-refractivity contribution is -0.125. The van der Waals surface area contributed by atoms with E-state index in [1.807, 2.05) is 33.9 Å². The molecule has 9 nitrogen and oxygen atoms in total. The lowest BCUT2D eigenvalue weighted by Crippen LogP contribution is -2.41. The number of hydrogen-bond donors (Lipinski definition) is 3. The number of amides is 1. The van der Waals surface area contributed by atoms with Crippen molar-refractivity contribution in [3.63, 3.8) is 0 Å². The van der Waals surface area contributed by atoms with E-state index in [0.29, 0.717) is 29.7 Å². The Balaban J connectivity index is 1.30. The third kappa shape index (κ3) is 4.43. The topological polar surface area (TPSA) is 118 Å². The first-order chi connectivity index (χ1) is 18.5. The van der Waals surface area contributed by atoms with Gasteiger partial charge in [-0.25, -0.2) is 9.49 Å². The van der Waals surface area contributed by atoms with Crippen molar-refractivity contribution in [3.05, 3.63) is 88.6 Å². The molecule has 0 aliphatic carbocycles. The number of nitrogens with zero attached hydrogens (tertiary/aromatic N) is 3. The van der Waals surface area contributed by atoms with Crippen LogP contribution in [-0.2, 0) is 4.79 Å². The lowest BCUT2D eigenvalue weighted by atomic mass is 9.99. The van der Waals surface area contributed by atoms with E-state index in [-0.39, 0.29) is 35.0 Å². The summed E-state index contributed by atoms with van der Waals surface area (Å²) in [4.78, 5) is 27.5. The van der Waals surface area contributed by atoms with Crippen LogP contribution in [0.5, 0.6) is 11.5 Å². The van der Waals surface area contributed by atoms with E-state index in [1.165, 1.54) is 6.07 Å². The van der Waals surface area contributed by atoms with Crippen molar-refractivity contribution in [1.29, 1.82) is 0 Å². The van der Waals surface area contributed by atoms with Crippen molar-refractivity contribution in [3.8, 4) is 17.2 Å². The molecule has 6 rings (SSSR count). The van der Waals surface area contributed by atoms with Crippen LogP contribution in [0.4, 0.5) is 10.2 Å². The van der Waals surface area contributed by atoms with Crippen molar-refractivity contribution in [2.24, 2.45) is 0 Å². The largest absolute Gasteiger partial charge is 0.454 e. The van der Waals surface area contributed by atoms with Gasteiger partial charge in [-0.05, 0) is 61.3 Å². The Labute approximate surface area is 217 Å². The van der Waals surface area contributed by atoms with Crippen LogP contribution >= 0.6 is 0 Å². The number of anilines is 1. The number of carbonyl (C=O) groups excluding carboxylic acids is 1. The van der Waals surface area contributed by atoms with Crippen LogP contribution < -0.4 is 21.3 Å². The summed E-state index contributed by atoms with van der Waals surface area (Å²) in [5.74, 6) is 0.298. The minimum absolute atomic E-state index is 0.0227. The Morgan fingerprint density at radius 3 is 2.68 bits per heavy atom. The van der Waals surface area contributed by atoms with Crippen molar-refractivity contribution in [2.75, 3.05) is 25.4 Å². The summed E-state index contributed by atoms with van der Waals surface area (Å²) in [5.41, 5.74) is 7.97. The predicted octanol–water partition coefficient (Wildman–Crippen LogP) is 3.46. The van der Waals surface area contributed by atoms with Crippen LogP contribution in [0.25, 0.3) is 16.6 Å². The molecule has 1 amide bonds. The number of halogens is 1. The minimum Gasteiger partial charge on any atom is -0.454 e. The molecule has 0 saturated carbocycles. The van der Waals surface area contributed by atoms with Gasteiger partial charge in [0.1, 0.15) is 11.3 Å². The van der Waals surface area contributed by atoms with Crippen molar-refractivity contribution in [1.82, 2.24) is 25.0 Å². The molecule has 2 aliphatic rings. The van der Waals surface area contributed by atoms with Gasteiger partial charge in [-0.15, -0.1) is 0 Å². The molecule has 2 saturated heterocycles. The summed E-state index contributed by atoms with van der Waals surface area (Å²) >= 11 is 0. The molecule has 0 bridgehead atoms.